The van der Waals surface area contributed by atoms with Crippen LogP contribution in [0.3, 0.4) is 0 Å². The second-order valence-electron chi connectivity index (χ2n) is 5.38. The number of hydrogen-bond donors (Lipinski definition) is 1. The summed E-state index contributed by atoms with van der Waals surface area (Å²) in [6, 6.07) is 8.41. The first-order chi connectivity index (χ1) is 10.5. The molecule has 0 unspecified atom stereocenters. The van der Waals surface area contributed by atoms with E-state index in [1.54, 1.807) is 18.2 Å². The Kier molecular flexibility index (Phi) is 3.79. The van der Waals surface area contributed by atoms with Crippen LogP contribution in [0.4, 0.5) is 8.78 Å². The third kappa shape index (κ3) is 2.79. The predicted molar refractivity (Wildman–Crippen MR) is 77.7 cm³/mol. The minimum Gasteiger partial charge on any atom is -0.454 e. The molecule has 0 saturated heterocycles. The Labute approximate surface area is 126 Å². The Balaban J connectivity index is 1.89. The summed E-state index contributed by atoms with van der Waals surface area (Å²) in [6.07, 6.45) is 2.44. The van der Waals surface area contributed by atoms with Crippen LogP contribution in [0, 0.1) is 11.6 Å². The number of carbonyl (C=O) groups is 1. The van der Waals surface area contributed by atoms with Crippen molar-refractivity contribution in [3.8, 4) is 11.5 Å². The van der Waals surface area contributed by atoms with Gasteiger partial charge in [0.05, 0.1) is 5.92 Å². The van der Waals surface area contributed by atoms with Crippen LogP contribution in [0.2, 0.25) is 0 Å². The zero-order chi connectivity index (χ0) is 15.7. The number of fused-ring (bicyclic) bond motifs is 1. The molecule has 3 nitrogen and oxygen atoms in total. The van der Waals surface area contributed by atoms with Gasteiger partial charge in [0.15, 0.2) is 11.6 Å². The molecule has 0 saturated carbocycles. The number of nitrogens with two attached hydrogens (primary N) is 1. The Morgan fingerprint density at radius 1 is 1.18 bits per heavy atom. The van der Waals surface area contributed by atoms with Gasteiger partial charge in [-0.05, 0) is 54.7 Å². The largest absolute Gasteiger partial charge is 0.454 e. The second-order valence-corrected chi connectivity index (χ2v) is 5.38. The molecule has 114 valence electrons. The minimum absolute atomic E-state index is 0.0383. The maximum atomic E-state index is 13.6. The molecule has 0 spiro atoms. The predicted octanol–water partition coefficient (Wildman–Crippen LogP) is 3.66. The van der Waals surface area contributed by atoms with Gasteiger partial charge in [0.2, 0.25) is 5.91 Å². The van der Waals surface area contributed by atoms with Gasteiger partial charge in [-0.25, -0.2) is 8.78 Å². The average molecular weight is 303 g/mol. The van der Waals surface area contributed by atoms with E-state index in [0.29, 0.717) is 5.75 Å². The second kappa shape index (κ2) is 5.75. The van der Waals surface area contributed by atoms with E-state index >= 15 is 0 Å². The highest BCUT2D eigenvalue weighted by atomic mass is 19.1. The molecular formula is C17H15F2NO2. The van der Waals surface area contributed by atoms with Crippen molar-refractivity contribution >= 4 is 5.91 Å². The summed E-state index contributed by atoms with van der Waals surface area (Å²) in [5.74, 6) is -1.61. The molecule has 2 aromatic rings. The lowest BCUT2D eigenvalue weighted by Gasteiger charge is -2.23. The summed E-state index contributed by atoms with van der Waals surface area (Å²) in [5.41, 5.74) is 7.31. The first-order valence-electron chi connectivity index (χ1n) is 7.09. The molecule has 22 heavy (non-hydrogen) atoms. The van der Waals surface area contributed by atoms with E-state index in [0.717, 1.165) is 42.5 Å². The van der Waals surface area contributed by atoms with Crippen molar-refractivity contribution in [2.24, 2.45) is 5.73 Å². The summed E-state index contributed by atoms with van der Waals surface area (Å²) in [4.78, 5) is 11.5. The number of carbonyl (C=O) groups excluding carboxylic acids is 1. The van der Waals surface area contributed by atoms with Crippen LogP contribution in [0.25, 0.3) is 0 Å². The van der Waals surface area contributed by atoms with Gasteiger partial charge in [0.25, 0.3) is 0 Å². The van der Waals surface area contributed by atoms with Crippen molar-refractivity contribution in [2.45, 2.75) is 25.2 Å². The van der Waals surface area contributed by atoms with Crippen molar-refractivity contribution in [1.82, 2.24) is 0 Å². The number of amides is 1. The fourth-order valence-corrected chi connectivity index (χ4v) is 2.83. The van der Waals surface area contributed by atoms with Gasteiger partial charge in [0, 0.05) is 6.07 Å². The number of primary amides is 1. The number of halogens is 2. The molecule has 1 aliphatic carbocycles. The summed E-state index contributed by atoms with van der Waals surface area (Å²) in [7, 11) is 0. The lowest BCUT2D eigenvalue weighted by atomic mass is 9.82. The lowest BCUT2D eigenvalue weighted by molar-refractivity contribution is -0.119. The first kappa shape index (κ1) is 14.5. The average Bonchev–Trinajstić information content (AvgIpc) is 2.49. The zero-order valence-electron chi connectivity index (χ0n) is 11.8. The number of aryl methyl sites for hydroxylation is 1. The van der Waals surface area contributed by atoms with Crippen molar-refractivity contribution in [2.75, 3.05) is 0 Å². The van der Waals surface area contributed by atoms with Gasteiger partial charge in [0.1, 0.15) is 11.6 Å². The molecule has 2 N–H and O–H groups in total. The molecule has 5 heteroatoms. The molecule has 0 aromatic heterocycles. The Morgan fingerprint density at radius 2 is 2.00 bits per heavy atom. The fourth-order valence-electron chi connectivity index (χ4n) is 2.83. The Bertz CT molecular complexity index is 731. The number of hydrogen-bond acceptors (Lipinski definition) is 2. The van der Waals surface area contributed by atoms with Gasteiger partial charge >= 0.3 is 0 Å². The highest BCUT2D eigenvalue weighted by Crippen LogP contribution is 2.35. The van der Waals surface area contributed by atoms with Crippen LogP contribution in [0.5, 0.6) is 11.5 Å². The number of ether oxygens (including phenoxy) is 1. The van der Waals surface area contributed by atoms with Gasteiger partial charge in [-0.3, -0.25) is 4.79 Å². The monoisotopic (exact) mass is 303 g/mol. The maximum absolute atomic E-state index is 13.6. The molecule has 2 aromatic carbocycles. The fraction of sp³-hybridized carbons (Fsp3) is 0.235. The molecule has 0 radical (unpaired) electrons. The normalized spacial score (nSPS) is 16.9. The molecule has 0 aliphatic heterocycles. The molecule has 1 atom stereocenters. The Hall–Kier alpha value is -2.43. The van der Waals surface area contributed by atoms with Crippen LogP contribution in [-0.4, -0.2) is 5.91 Å². The zero-order valence-corrected chi connectivity index (χ0v) is 11.8. The van der Waals surface area contributed by atoms with Crippen LogP contribution in [0.1, 0.15) is 29.9 Å². The standard InChI is InChI=1S/C17H15F2NO2/c18-11-4-7-16(15(19)9-11)22-12-5-6-13-10(8-12)2-1-3-14(13)17(20)21/h4-9,14H,1-3H2,(H2,20,21)/t14-/m1/s1. The van der Waals surface area contributed by atoms with E-state index in [2.05, 4.69) is 0 Å². The summed E-state index contributed by atoms with van der Waals surface area (Å²) in [6.45, 7) is 0. The summed E-state index contributed by atoms with van der Waals surface area (Å²) < 4.78 is 32.0. The van der Waals surface area contributed by atoms with Crippen LogP contribution >= 0.6 is 0 Å². The molecule has 0 bridgehead atoms. The first-order valence-corrected chi connectivity index (χ1v) is 7.09. The van der Waals surface area contributed by atoms with E-state index in [4.69, 9.17) is 10.5 Å². The minimum atomic E-state index is -0.757. The molecule has 1 aliphatic rings. The van der Waals surface area contributed by atoms with E-state index in [9.17, 15) is 13.6 Å². The quantitative estimate of drug-likeness (QED) is 0.940. The van der Waals surface area contributed by atoms with Gasteiger partial charge in [-0.15, -0.1) is 0 Å². The maximum Gasteiger partial charge on any atom is 0.224 e. The third-order valence-corrected chi connectivity index (χ3v) is 3.89. The van der Waals surface area contributed by atoms with E-state index in [1.165, 1.54) is 6.07 Å². The smallest absolute Gasteiger partial charge is 0.224 e. The molecule has 0 heterocycles. The molecule has 0 fully saturated rings. The van der Waals surface area contributed by atoms with Gasteiger partial charge in [-0.2, -0.15) is 0 Å². The molecule has 3 rings (SSSR count). The van der Waals surface area contributed by atoms with Crippen LogP contribution in [0.15, 0.2) is 36.4 Å². The highest BCUT2D eigenvalue weighted by molar-refractivity contribution is 5.82. The van der Waals surface area contributed by atoms with Crippen molar-refractivity contribution in [1.29, 1.82) is 0 Å². The topological polar surface area (TPSA) is 52.3 Å². The van der Waals surface area contributed by atoms with Gasteiger partial charge < -0.3 is 10.5 Å². The SMILES string of the molecule is NC(=O)[C@@H]1CCCc2cc(Oc3ccc(F)cc3F)ccc21. The third-order valence-electron chi connectivity index (χ3n) is 3.89. The number of rotatable bonds is 3. The molecular weight excluding hydrogens is 288 g/mol. The Morgan fingerprint density at radius 3 is 2.73 bits per heavy atom. The highest BCUT2D eigenvalue weighted by Gasteiger charge is 2.25. The van der Waals surface area contributed by atoms with E-state index in [-0.39, 0.29) is 17.6 Å². The van der Waals surface area contributed by atoms with Crippen LogP contribution in [-0.2, 0) is 11.2 Å². The lowest BCUT2D eigenvalue weighted by Crippen LogP contribution is -2.25. The van der Waals surface area contributed by atoms with E-state index in [1.807, 2.05) is 0 Å². The molecule has 1 amide bonds. The summed E-state index contributed by atoms with van der Waals surface area (Å²) in [5, 5.41) is 0. The number of benzene rings is 2. The van der Waals surface area contributed by atoms with Gasteiger partial charge in [-0.1, -0.05) is 6.07 Å². The summed E-state index contributed by atoms with van der Waals surface area (Å²) >= 11 is 0. The van der Waals surface area contributed by atoms with Crippen molar-refractivity contribution in [3.05, 3.63) is 59.2 Å². The van der Waals surface area contributed by atoms with Crippen molar-refractivity contribution in [3.63, 3.8) is 0 Å². The van der Waals surface area contributed by atoms with E-state index < -0.39 is 11.6 Å². The van der Waals surface area contributed by atoms with Crippen LogP contribution < -0.4 is 10.5 Å². The van der Waals surface area contributed by atoms with Crippen molar-refractivity contribution < 1.29 is 18.3 Å².